The highest BCUT2D eigenvalue weighted by Gasteiger charge is 2.07. The van der Waals surface area contributed by atoms with Crippen LogP contribution >= 0.6 is 0 Å². The lowest BCUT2D eigenvalue weighted by Crippen LogP contribution is -2.35. The molecule has 0 aromatic rings. The Labute approximate surface area is 50.3 Å². The van der Waals surface area contributed by atoms with E-state index in [-0.39, 0.29) is 0 Å². The second-order valence-corrected chi connectivity index (χ2v) is 4.87. The van der Waals surface area contributed by atoms with Gasteiger partial charge >= 0.3 is 0 Å². The quantitative estimate of drug-likeness (QED) is 0.443. The summed E-state index contributed by atoms with van der Waals surface area (Å²) in [5.74, 6) is 5.13. The van der Waals surface area contributed by atoms with Crippen LogP contribution in [0.1, 0.15) is 0 Å². The average molecular weight is 133 g/mol. The molecule has 0 radical (unpaired) electrons. The minimum absolute atomic E-state index is 0.757. The van der Waals surface area contributed by atoms with E-state index >= 15 is 0 Å². The van der Waals surface area contributed by atoms with Crippen molar-refractivity contribution in [3.63, 3.8) is 0 Å². The van der Waals surface area contributed by atoms with Crippen LogP contribution in [0.4, 0.5) is 0 Å². The molecule has 0 saturated carbocycles. The molecule has 1 N–H and O–H groups in total. The third kappa shape index (κ3) is 1.49. The first-order valence-electron chi connectivity index (χ1n) is 2.74. The van der Waals surface area contributed by atoms with Crippen LogP contribution in [0.5, 0.6) is 0 Å². The van der Waals surface area contributed by atoms with Crippen molar-refractivity contribution in [3.8, 4) is 0 Å². The Bertz CT molecular complexity index is 147. The molecule has 1 aliphatic heterocycles. The van der Waals surface area contributed by atoms with Crippen molar-refractivity contribution in [3.05, 3.63) is 0 Å². The zero-order valence-electron chi connectivity index (χ0n) is 4.85. The minimum Gasteiger partial charge on any atom is -0.315 e. The Morgan fingerprint density at radius 3 is 2.12 bits per heavy atom. The number of nitrogens with one attached hydrogen (secondary N) is 1. The second kappa shape index (κ2) is 2.07. The number of rotatable bonds is 0. The third-order valence-corrected chi connectivity index (χ3v) is 3.20. The van der Waals surface area contributed by atoms with Crippen LogP contribution in [0.15, 0.2) is 0 Å². The van der Waals surface area contributed by atoms with Gasteiger partial charge in [0.25, 0.3) is 0 Å². The van der Waals surface area contributed by atoms with Gasteiger partial charge in [-0.25, -0.2) is 0 Å². The molecule has 8 heavy (non-hydrogen) atoms. The monoisotopic (exact) mass is 133 g/mol. The fourth-order valence-electron chi connectivity index (χ4n) is 0.743. The molecule has 0 spiro atoms. The van der Waals surface area contributed by atoms with Gasteiger partial charge in [-0.2, -0.15) is 0 Å². The minimum atomic E-state index is -1.65. The van der Waals surface area contributed by atoms with Gasteiger partial charge < -0.3 is 5.32 Å². The van der Waals surface area contributed by atoms with Gasteiger partial charge in [-0.05, 0) is 15.4 Å². The molecular weight excluding hydrogens is 122 g/mol. The van der Waals surface area contributed by atoms with Crippen LogP contribution in [0, 0.1) is 0 Å². The number of hydrogen-bond donors (Lipinski definition) is 1. The van der Waals surface area contributed by atoms with Crippen molar-refractivity contribution in [2.24, 2.45) is 0 Å². The molecule has 1 fully saturated rings. The van der Waals surface area contributed by atoms with Gasteiger partial charge in [0.05, 0.1) is 0 Å². The molecule has 0 amide bonds. The summed E-state index contributed by atoms with van der Waals surface area (Å²) >= 11 is 0. The topological polar surface area (TPSA) is 29.1 Å². The second-order valence-electron chi connectivity index (χ2n) is 2.12. The van der Waals surface area contributed by atoms with Gasteiger partial charge in [-0.3, -0.25) is 4.21 Å². The highest BCUT2D eigenvalue weighted by Crippen LogP contribution is 1.91. The van der Waals surface area contributed by atoms with Crippen molar-refractivity contribution in [1.29, 1.82) is 0 Å². The van der Waals surface area contributed by atoms with Crippen LogP contribution in [0.2, 0.25) is 0 Å². The van der Waals surface area contributed by atoms with E-state index < -0.39 is 9.52 Å². The van der Waals surface area contributed by atoms with Crippen molar-refractivity contribution >= 4 is 15.4 Å². The first-order chi connectivity index (χ1) is 3.71. The van der Waals surface area contributed by atoms with E-state index in [4.69, 9.17) is 0 Å². The fraction of sp³-hybridized carbons (Fsp3) is 0.800. The Balaban J connectivity index is 2.58. The summed E-state index contributed by atoms with van der Waals surface area (Å²) in [7, 11) is -1.65. The largest absolute Gasteiger partial charge is 0.315 e. The highest BCUT2D eigenvalue weighted by atomic mass is 32.2. The Kier molecular flexibility index (Phi) is 1.58. The molecule has 2 nitrogen and oxygen atoms in total. The van der Waals surface area contributed by atoms with Crippen molar-refractivity contribution in [1.82, 2.24) is 5.32 Å². The molecule has 0 unspecified atom stereocenters. The van der Waals surface area contributed by atoms with E-state index in [0.29, 0.717) is 0 Å². The smallest absolute Gasteiger partial charge is 0.0284 e. The summed E-state index contributed by atoms with van der Waals surface area (Å²) in [6, 6.07) is 0. The maximum absolute atomic E-state index is 11.1. The summed E-state index contributed by atoms with van der Waals surface area (Å²) in [5.41, 5.74) is 0. The van der Waals surface area contributed by atoms with Gasteiger partial charge in [0, 0.05) is 24.6 Å². The summed E-state index contributed by atoms with van der Waals surface area (Å²) in [6.45, 7) is 1.75. The van der Waals surface area contributed by atoms with Gasteiger partial charge in [0.15, 0.2) is 0 Å². The zero-order valence-corrected chi connectivity index (χ0v) is 5.67. The lowest BCUT2D eigenvalue weighted by Gasteiger charge is -2.15. The molecule has 48 valence electrons. The maximum atomic E-state index is 11.1. The normalized spacial score (nSPS) is 27.5. The SMILES string of the molecule is C=S1(=O)CCNCC1. The van der Waals surface area contributed by atoms with E-state index in [9.17, 15) is 4.21 Å². The molecule has 0 bridgehead atoms. The molecule has 1 rings (SSSR count). The van der Waals surface area contributed by atoms with Crippen molar-refractivity contribution in [2.45, 2.75) is 0 Å². The Morgan fingerprint density at radius 2 is 1.88 bits per heavy atom. The molecule has 1 aliphatic rings. The molecule has 1 heterocycles. The Hall–Kier alpha value is -0.0200. The molecule has 0 atom stereocenters. The van der Waals surface area contributed by atoms with Gasteiger partial charge in [0.1, 0.15) is 0 Å². The van der Waals surface area contributed by atoms with Gasteiger partial charge in [0.2, 0.25) is 0 Å². The zero-order chi connectivity index (χ0) is 6.04. The van der Waals surface area contributed by atoms with Crippen molar-refractivity contribution in [2.75, 3.05) is 24.6 Å². The van der Waals surface area contributed by atoms with E-state index in [1.165, 1.54) is 0 Å². The summed E-state index contributed by atoms with van der Waals surface area (Å²) in [5, 5.41) is 3.12. The van der Waals surface area contributed by atoms with Crippen LogP contribution in [-0.2, 0) is 9.52 Å². The Morgan fingerprint density at radius 1 is 1.38 bits per heavy atom. The first-order valence-corrected chi connectivity index (χ1v) is 4.81. The molecule has 0 aliphatic carbocycles. The van der Waals surface area contributed by atoms with Gasteiger partial charge in [-0.1, -0.05) is 0 Å². The van der Waals surface area contributed by atoms with Crippen LogP contribution in [-0.4, -0.2) is 34.7 Å². The lowest BCUT2D eigenvalue weighted by molar-refractivity contribution is 0.657. The van der Waals surface area contributed by atoms with Crippen LogP contribution in [0.25, 0.3) is 0 Å². The van der Waals surface area contributed by atoms with Crippen LogP contribution in [0.3, 0.4) is 0 Å². The molecule has 3 heteroatoms. The molecule has 0 aromatic heterocycles. The lowest BCUT2D eigenvalue weighted by atomic mass is 10.6. The maximum Gasteiger partial charge on any atom is 0.0284 e. The van der Waals surface area contributed by atoms with E-state index in [0.717, 1.165) is 24.6 Å². The predicted molar refractivity (Wildman–Crippen MR) is 37.9 cm³/mol. The summed E-state index contributed by atoms with van der Waals surface area (Å²) < 4.78 is 11.1. The van der Waals surface area contributed by atoms with E-state index in [2.05, 4.69) is 11.2 Å². The van der Waals surface area contributed by atoms with E-state index in [1.807, 2.05) is 0 Å². The van der Waals surface area contributed by atoms with Gasteiger partial charge in [-0.15, -0.1) is 0 Å². The highest BCUT2D eigenvalue weighted by molar-refractivity contribution is 8.00. The molecule has 1 saturated heterocycles. The molecular formula is C5H11NOS. The fourth-order valence-corrected chi connectivity index (χ4v) is 1.98. The summed E-state index contributed by atoms with van der Waals surface area (Å²) in [6.07, 6.45) is 0. The standard InChI is InChI=1S/C5H11NOS/c1-8(7)4-2-6-3-5-8/h6H,1-5H2. The average Bonchev–Trinajstić information content (AvgIpc) is 1.65. The molecule has 0 aromatic carbocycles. The van der Waals surface area contributed by atoms with Crippen LogP contribution < -0.4 is 5.32 Å². The number of hydrogen-bond acceptors (Lipinski definition) is 2. The van der Waals surface area contributed by atoms with Crippen molar-refractivity contribution < 1.29 is 4.21 Å². The van der Waals surface area contributed by atoms with E-state index in [1.54, 1.807) is 0 Å². The predicted octanol–water partition coefficient (Wildman–Crippen LogP) is -0.694. The summed E-state index contributed by atoms with van der Waals surface area (Å²) in [4.78, 5) is 0. The first kappa shape index (κ1) is 6.11. The third-order valence-electron chi connectivity index (χ3n) is 1.30.